The Morgan fingerprint density at radius 1 is 1.25 bits per heavy atom. The van der Waals surface area contributed by atoms with Crippen LogP contribution in [0.5, 0.6) is 5.75 Å². The molecule has 0 amide bonds. The zero-order chi connectivity index (χ0) is 11.8. The lowest BCUT2D eigenvalue weighted by Crippen LogP contribution is -2.34. The highest BCUT2D eigenvalue weighted by Gasteiger charge is 2.07. The summed E-state index contributed by atoms with van der Waals surface area (Å²) in [6.07, 6.45) is 2.36. The molecule has 1 rings (SSSR count). The van der Waals surface area contributed by atoms with Crippen molar-refractivity contribution in [3.63, 3.8) is 0 Å². The van der Waals surface area contributed by atoms with Gasteiger partial charge in [-0.2, -0.15) is 0 Å². The van der Waals surface area contributed by atoms with E-state index in [4.69, 9.17) is 4.74 Å². The normalized spacial score (nSPS) is 12.4. The van der Waals surface area contributed by atoms with Gasteiger partial charge in [0.2, 0.25) is 0 Å². The Morgan fingerprint density at radius 3 is 2.62 bits per heavy atom. The predicted molar refractivity (Wildman–Crippen MR) is 69.0 cm³/mol. The maximum Gasteiger partial charge on any atom is 0.122 e. The first kappa shape index (κ1) is 13.0. The van der Waals surface area contributed by atoms with Crippen molar-refractivity contribution >= 4 is 0 Å². The molecule has 2 heteroatoms. The van der Waals surface area contributed by atoms with E-state index in [9.17, 15) is 0 Å². The zero-order valence-electron chi connectivity index (χ0n) is 10.6. The number of likely N-dealkylation sites (N-methyl/N-ethyl adjacent to an activating group) is 1. The highest BCUT2D eigenvalue weighted by atomic mass is 16.5. The van der Waals surface area contributed by atoms with Gasteiger partial charge in [-0.1, -0.05) is 38.5 Å². The quantitative estimate of drug-likeness (QED) is 0.763. The van der Waals surface area contributed by atoms with Gasteiger partial charge in [-0.25, -0.2) is 0 Å². The number of hydrogen-bond acceptors (Lipinski definition) is 2. The Kier molecular flexibility index (Phi) is 5.94. The van der Waals surface area contributed by atoms with Gasteiger partial charge in [-0.05, 0) is 31.5 Å². The van der Waals surface area contributed by atoms with E-state index in [0.29, 0.717) is 6.04 Å². The first-order chi connectivity index (χ1) is 7.77. The molecule has 1 aromatic carbocycles. The number of benzene rings is 1. The van der Waals surface area contributed by atoms with Crippen molar-refractivity contribution in [2.45, 2.75) is 39.7 Å². The van der Waals surface area contributed by atoms with E-state index in [0.717, 1.165) is 18.9 Å². The molecule has 0 saturated carbocycles. The van der Waals surface area contributed by atoms with E-state index < -0.39 is 0 Å². The van der Waals surface area contributed by atoms with Crippen molar-refractivity contribution in [2.24, 2.45) is 0 Å². The Balaban J connectivity index is 2.45. The Morgan fingerprint density at radius 2 is 2.00 bits per heavy atom. The first-order valence-electron chi connectivity index (χ1n) is 6.19. The summed E-state index contributed by atoms with van der Waals surface area (Å²) >= 11 is 0. The molecule has 0 saturated heterocycles. The fraction of sp³-hybridized carbons (Fsp3) is 0.571. The van der Waals surface area contributed by atoms with Gasteiger partial charge in [-0.15, -0.1) is 0 Å². The fourth-order valence-electron chi connectivity index (χ4n) is 1.79. The van der Waals surface area contributed by atoms with Crippen LogP contribution in [0.25, 0.3) is 0 Å². The van der Waals surface area contributed by atoms with E-state index >= 15 is 0 Å². The lowest BCUT2D eigenvalue weighted by Gasteiger charge is -2.18. The lowest BCUT2D eigenvalue weighted by atomic mass is 10.2. The molecule has 0 heterocycles. The van der Waals surface area contributed by atoms with Crippen LogP contribution in [0.3, 0.4) is 0 Å². The SMILES string of the molecule is CCCC(COc1ccccc1C)NCC. The number of nitrogens with one attached hydrogen (secondary N) is 1. The van der Waals surface area contributed by atoms with E-state index in [1.54, 1.807) is 0 Å². The van der Waals surface area contributed by atoms with Gasteiger partial charge in [0.1, 0.15) is 12.4 Å². The summed E-state index contributed by atoms with van der Waals surface area (Å²) in [6, 6.07) is 8.64. The Labute approximate surface area is 99.0 Å². The number of hydrogen-bond donors (Lipinski definition) is 1. The van der Waals surface area contributed by atoms with Gasteiger partial charge in [0.05, 0.1) is 0 Å². The van der Waals surface area contributed by atoms with Crippen molar-refractivity contribution in [3.05, 3.63) is 29.8 Å². The third kappa shape index (κ3) is 4.23. The largest absolute Gasteiger partial charge is 0.492 e. The predicted octanol–water partition coefficient (Wildman–Crippen LogP) is 3.15. The van der Waals surface area contributed by atoms with Gasteiger partial charge in [0.15, 0.2) is 0 Å². The van der Waals surface area contributed by atoms with Crippen LogP contribution in [-0.4, -0.2) is 19.2 Å². The maximum atomic E-state index is 5.84. The standard InChI is InChI=1S/C14H23NO/c1-4-8-13(15-5-2)11-16-14-10-7-6-9-12(14)3/h6-7,9-10,13,15H,4-5,8,11H2,1-3H3. The molecule has 0 aromatic heterocycles. The van der Waals surface area contributed by atoms with Crippen molar-refractivity contribution < 1.29 is 4.74 Å². The number of aryl methyl sites for hydroxylation is 1. The summed E-state index contributed by atoms with van der Waals surface area (Å²) in [5.41, 5.74) is 1.20. The Hall–Kier alpha value is -1.02. The van der Waals surface area contributed by atoms with Gasteiger partial charge < -0.3 is 10.1 Å². The molecule has 1 aromatic rings. The van der Waals surface area contributed by atoms with Crippen molar-refractivity contribution in [1.29, 1.82) is 0 Å². The van der Waals surface area contributed by atoms with Crippen LogP contribution in [0.15, 0.2) is 24.3 Å². The molecule has 0 aliphatic heterocycles. The van der Waals surface area contributed by atoms with Crippen LogP contribution in [0.4, 0.5) is 0 Å². The second-order valence-electron chi connectivity index (χ2n) is 4.12. The van der Waals surface area contributed by atoms with E-state index in [1.165, 1.54) is 18.4 Å². The summed E-state index contributed by atoms with van der Waals surface area (Å²) in [5.74, 6) is 1.00. The molecule has 1 atom stereocenters. The van der Waals surface area contributed by atoms with Crippen molar-refractivity contribution in [2.75, 3.05) is 13.2 Å². The van der Waals surface area contributed by atoms with Crippen LogP contribution in [-0.2, 0) is 0 Å². The highest BCUT2D eigenvalue weighted by Crippen LogP contribution is 2.16. The van der Waals surface area contributed by atoms with Crippen molar-refractivity contribution in [1.82, 2.24) is 5.32 Å². The molecule has 0 aliphatic carbocycles. The van der Waals surface area contributed by atoms with Gasteiger partial charge in [-0.3, -0.25) is 0 Å². The molecule has 1 N–H and O–H groups in total. The van der Waals surface area contributed by atoms with E-state index in [2.05, 4.69) is 32.2 Å². The summed E-state index contributed by atoms with van der Waals surface area (Å²) < 4.78 is 5.84. The number of para-hydroxylation sites is 1. The highest BCUT2D eigenvalue weighted by molar-refractivity contribution is 5.31. The van der Waals surface area contributed by atoms with Crippen LogP contribution < -0.4 is 10.1 Å². The number of ether oxygens (including phenoxy) is 1. The van der Waals surface area contributed by atoms with Gasteiger partial charge in [0, 0.05) is 6.04 Å². The molecular formula is C14H23NO. The minimum absolute atomic E-state index is 0.467. The van der Waals surface area contributed by atoms with Crippen LogP contribution in [0.1, 0.15) is 32.3 Å². The molecule has 16 heavy (non-hydrogen) atoms. The number of rotatable bonds is 7. The molecule has 90 valence electrons. The van der Waals surface area contributed by atoms with E-state index in [1.807, 2.05) is 18.2 Å². The zero-order valence-corrected chi connectivity index (χ0v) is 10.6. The molecule has 0 radical (unpaired) electrons. The molecule has 0 spiro atoms. The average Bonchev–Trinajstić information content (AvgIpc) is 2.28. The third-order valence-corrected chi connectivity index (χ3v) is 2.66. The third-order valence-electron chi connectivity index (χ3n) is 2.66. The van der Waals surface area contributed by atoms with E-state index in [-0.39, 0.29) is 0 Å². The van der Waals surface area contributed by atoms with Crippen LogP contribution in [0, 0.1) is 6.92 Å². The smallest absolute Gasteiger partial charge is 0.122 e. The second kappa shape index (κ2) is 7.29. The minimum Gasteiger partial charge on any atom is -0.492 e. The molecule has 0 aliphatic rings. The fourth-order valence-corrected chi connectivity index (χ4v) is 1.79. The molecular weight excluding hydrogens is 198 g/mol. The second-order valence-corrected chi connectivity index (χ2v) is 4.12. The van der Waals surface area contributed by atoms with Gasteiger partial charge >= 0.3 is 0 Å². The minimum atomic E-state index is 0.467. The lowest BCUT2D eigenvalue weighted by molar-refractivity contribution is 0.256. The summed E-state index contributed by atoms with van der Waals surface area (Å²) in [6.45, 7) is 8.18. The molecule has 0 bridgehead atoms. The summed E-state index contributed by atoms with van der Waals surface area (Å²) in [5, 5.41) is 3.45. The van der Waals surface area contributed by atoms with Crippen molar-refractivity contribution in [3.8, 4) is 5.75 Å². The summed E-state index contributed by atoms with van der Waals surface area (Å²) in [7, 11) is 0. The first-order valence-corrected chi connectivity index (χ1v) is 6.19. The Bertz CT molecular complexity index is 293. The topological polar surface area (TPSA) is 21.3 Å². The maximum absolute atomic E-state index is 5.84. The molecule has 1 unspecified atom stereocenters. The molecule has 2 nitrogen and oxygen atoms in total. The average molecular weight is 221 g/mol. The van der Waals surface area contributed by atoms with Gasteiger partial charge in [0.25, 0.3) is 0 Å². The van der Waals surface area contributed by atoms with Crippen LogP contribution >= 0.6 is 0 Å². The summed E-state index contributed by atoms with van der Waals surface area (Å²) in [4.78, 5) is 0. The molecule has 0 fully saturated rings. The van der Waals surface area contributed by atoms with Crippen LogP contribution in [0.2, 0.25) is 0 Å². The monoisotopic (exact) mass is 221 g/mol.